The van der Waals surface area contributed by atoms with E-state index in [0.29, 0.717) is 0 Å². The fourth-order valence-corrected chi connectivity index (χ4v) is 0. The Kier molecular flexibility index (Phi) is 161. The maximum Gasteiger partial charge on any atom is 0 e. The average Bonchev–Trinajstić information content (AvgIpc) is 0. The zero-order chi connectivity index (χ0) is 0. The third-order valence-electron chi connectivity index (χ3n) is 0. The summed E-state index contributed by atoms with van der Waals surface area (Å²) in [5.74, 6) is 0. The van der Waals surface area contributed by atoms with Crippen molar-refractivity contribution in [1.82, 2.24) is 0 Å². The minimum atomic E-state index is 0. The molecule has 0 amide bonds. The normalized spacial score (nSPS) is 0. The summed E-state index contributed by atoms with van der Waals surface area (Å²) in [6, 6.07) is 0. The Morgan fingerprint density at radius 1 is 0.750 bits per heavy atom. The van der Waals surface area contributed by atoms with Crippen LogP contribution < -0.4 is 0 Å². The Bertz CT molecular complexity index is 6.00. The molecule has 0 atom stereocenters. The quantitative estimate of drug-likeness (QED) is 0.575. The van der Waals surface area contributed by atoms with Gasteiger partial charge < -0.3 is 0 Å². The fourth-order valence-electron chi connectivity index (χ4n) is 0. The first-order chi connectivity index (χ1) is 0. The molecule has 0 aromatic carbocycles. The SMILES string of the molecule is [Co].[Co].[Cr].[W]. The van der Waals surface area contributed by atoms with Crippen LogP contribution in [0.2, 0.25) is 0 Å². The molecular formula is Co2CrW. The van der Waals surface area contributed by atoms with Crippen molar-refractivity contribution in [3.05, 3.63) is 0 Å². The van der Waals surface area contributed by atoms with Crippen LogP contribution in [0.25, 0.3) is 0 Å². The van der Waals surface area contributed by atoms with Crippen LogP contribution in [0.5, 0.6) is 0 Å². The van der Waals surface area contributed by atoms with Crippen molar-refractivity contribution >= 4 is 0 Å². The Morgan fingerprint density at radius 3 is 0.750 bits per heavy atom. The molecule has 0 spiro atoms. The summed E-state index contributed by atoms with van der Waals surface area (Å²) in [4.78, 5) is 0. The molecule has 0 aliphatic rings. The minimum absolute atomic E-state index is 0. The van der Waals surface area contributed by atoms with E-state index in [-0.39, 0.29) is 72.0 Å². The summed E-state index contributed by atoms with van der Waals surface area (Å²) >= 11 is 0. The maximum absolute atomic E-state index is 0. The van der Waals surface area contributed by atoms with Gasteiger partial charge in [-0.3, -0.25) is 0 Å². The van der Waals surface area contributed by atoms with Gasteiger partial charge in [-0.05, 0) is 0 Å². The van der Waals surface area contributed by atoms with E-state index in [0.717, 1.165) is 0 Å². The monoisotopic (exact) mass is 354 g/mol. The van der Waals surface area contributed by atoms with E-state index in [1.165, 1.54) is 0 Å². The van der Waals surface area contributed by atoms with Gasteiger partial charge in [0.15, 0.2) is 0 Å². The van der Waals surface area contributed by atoms with Crippen LogP contribution in [-0.2, 0) is 72.0 Å². The van der Waals surface area contributed by atoms with Crippen LogP contribution in [0.1, 0.15) is 0 Å². The predicted molar refractivity (Wildman–Crippen MR) is 0 cm³/mol. The molecule has 30 valence electrons. The second-order valence-electron chi connectivity index (χ2n) is 0. The summed E-state index contributed by atoms with van der Waals surface area (Å²) in [6.07, 6.45) is 0. The zero-order valence-corrected chi connectivity index (χ0v) is 7.77. The molecule has 4 heavy (non-hydrogen) atoms. The van der Waals surface area contributed by atoms with Gasteiger partial charge in [0.2, 0.25) is 0 Å². The van der Waals surface area contributed by atoms with Gasteiger partial charge in [-0.1, -0.05) is 0 Å². The van der Waals surface area contributed by atoms with E-state index in [2.05, 4.69) is 0 Å². The average molecular weight is 354 g/mol. The van der Waals surface area contributed by atoms with Gasteiger partial charge in [0.05, 0.1) is 0 Å². The topological polar surface area (TPSA) is 0 Å². The van der Waals surface area contributed by atoms with Crippen LogP contribution in [-0.4, -0.2) is 0 Å². The standard InChI is InChI=1S/2Co.Cr.W. The molecule has 2 radical (unpaired) electrons. The van der Waals surface area contributed by atoms with Crippen LogP contribution in [0.15, 0.2) is 0 Å². The Morgan fingerprint density at radius 2 is 0.750 bits per heavy atom. The van der Waals surface area contributed by atoms with Crippen molar-refractivity contribution in [1.29, 1.82) is 0 Å². The first-order valence-corrected chi connectivity index (χ1v) is 0. The summed E-state index contributed by atoms with van der Waals surface area (Å²) in [5, 5.41) is 0. The maximum atomic E-state index is 0. The molecule has 0 bridgehead atoms. The molecule has 0 rings (SSSR count). The Hall–Kier alpha value is 2.23. The fraction of sp³-hybridized carbons (Fsp3) is 0. The summed E-state index contributed by atoms with van der Waals surface area (Å²) in [7, 11) is 0. The van der Waals surface area contributed by atoms with Crippen LogP contribution in [0, 0.1) is 0 Å². The minimum Gasteiger partial charge on any atom is 0 e. The van der Waals surface area contributed by atoms with Crippen molar-refractivity contribution in [2.24, 2.45) is 0 Å². The molecule has 0 heterocycles. The van der Waals surface area contributed by atoms with Gasteiger partial charge in [0.1, 0.15) is 0 Å². The van der Waals surface area contributed by atoms with Crippen molar-refractivity contribution < 1.29 is 72.0 Å². The van der Waals surface area contributed by atoms with Crippen molar-refractivity contribution in [2.45, 2.75) is 0 Å². The molecule has 4 heteroatoms. The van der Waals surface area contributed by atoms with Gasteiger partial charge >= 0.3 is 0 Å². The molecule has 0 unspecified atom stereocenters. The van der Waals surface area contributed by atoms with Crippen molar-refractivity contribution in [2.75, 3.05) is 0 Å². The first-order valence-electron chi connectivity index (χ1n) is 0. The van der Waals surface area contributed by atoms with Gasteiger partial charge in [0.25, 0.3) is 0 Å². The molecule has 0 aliphatic carbocycles. The molecular weight excluding hydrogens is 354 g/mol. The van der Waals surface area contributed by atoms with Gasteiger partial charge in [-0.15, -0.1) is 0 Å². The molecule has 0 saturated heterocycles. The summed E-state index contributed by atoms with van der Waals surface area (Å²) in [5.41, 5.74) is 0. The number of rotatable bonds is 0. The van der Waals surface area contributed by atoms with E-state index in [1.54, 1.807) is 0 Å². The van der Waals surface area contributed by atoms with Crippen LogP contribution >= 0.6 is 0 Å². The summed E-state index contributed by atoms with van der Waals surface area (Å²) in [6.45, 7) is 0. The number of hydrogen-bond donors (Lipinski definition) is 0. The Balaban J connectivity index is 0. The molecule has 0 N–H and O–H groups in total. The second kappa shape index (κ2) is 18.8. The molecule has 0 nitrogen and oxygen atoms in total. The van der Waals surface area contributed by atoms with Crippen LogP contribution in [0.4, 0.5) is 0 Å². The van der Waals surface area contributed by atoms with Gasteiger partial charge in [0, 0.05) is 72.0 Å². The number of hydrogen-bond acceptors (Lipinski definition) is 0. The molecule has 0 fully saturated rings. The molecule has 0 aliphatic heterocycles. The van der Waals surface area contributed by atoms with Crippen molar-refractivity contribution in [3.8, 4) is 0 Å². The molecule has 0 saturated carbocycles. The molecule has 0 aromatic heterocycles. The van der Waals surface area contributed by atoms with E-state index in [9.17, 15) is 0 Å². The second-order valence-corrected chi connectivity index (χ2v) is 0. The summed E-state index contributed by atoms with van der Waals surface area (Å²) < 4.78 is 0. The van der Waals surface area contributed by atoms with Crippen molar-refractivity contribution in [3.63, 3.8) is 0 Å². The predicted octanol–water partition coefficient (Wildman–Crippen LogP) is -0.0100. The van der Waals surface area contributed by atoms with Gasteiger partial charge in [-0.25, -0.2) is 0 Å². The third kappa shape index (κ3) is 8.87. The Labute approximate surface area is 71.3 Å². The van der Waals surface area contributed by atoms with E-state index >= 15 is 0 Å². The van der Waals surface area contributed by atoms with E-state index in [4.69, 9.17) is 0 Å². The largest absolute Gasteiger partial charge is 0 e. The smallest absolute Gasteiger partial charge is 0 e. The third-order valence-corrected chi connectivity index (χ3v) is 0. The van der Waals surface area contributed by atoms with E-state index in [1.807, 2.05) is 0 Å². The zero-order valence-electron chi connectivity index (χ0n) is 1.48. The first kappa shape index (κ1) is 34.2. The van der Waals surface area contributed by atoms with Gasteiger partial charge in [-0.2, -0.15) is 0 Å². The molecule has 0 aromatic rings. The van der Waals surface area contributed by atoms with Crippen LogP contribution in [0.3, 0.4) is 0 Å². The van der Waals surface area contributed by atoms with E-state index < -0.39 is 0 Å².